The van der Waals surface area contributed by atoms with Gasteiger partial charge in [-0.05, 0) is 41.1 Å². The quantitative estimate of drug-likeness (QED) is 0.482. The van der Waals surface area contributed by atoms with Gasteiger partial charge in [0.1, 0.15) is 11.6 Å². The van der Waals surface area contributed by atoms with Crippen LogP contribution in [0.3, 0.4) is 0 Å². The van der Waals surface area contributed by atoms with Gasteiger partial charge in [-0.1, -0.05) is 28.1 Å². The normalized spacial score (nSPS) is 10.5. The van der Waals surface area contributed by atoms with Crippen molar-refractivity contribution in [1.29, 1.82) is 0 Å². The Bertz CT molecular complexity index is 1010. The van der Waals surface area contributed by atoms with Crippen LogP contribution in [0.4, 0.5) is 15.8 Å². The summed E-state index contributed by atoms with van der Waals surface area (Å²) in [6.07, 6.45) is 0. The van der Waals surface area contributed by atoms with Crippen LogP contribution in [0.5, 0.6) is 5.75 Å². The van der Waals surface area contributed by atoms with E-state index in [1.54, 1.807) is 12.1 Å². The molecular weight excluding hydrogens is 407 g/mol. The minimum absolute atomic E-state index is 0.267. The Balaban J connectivity index is 1.67. The monoisotopic (exact) mass is 418 g/mol. The Morgan fingerprint density at radius 3 is 2.62 bits per heavy atom. The zero-order valence-corrected chi connectivity index (χ0v) is 14.8. The van der Waals surface area contributed by atoms with E-state index >= 15 is 0 Å². The molecule has 0 aliphatic carbocycles. The molecule has 0 atom stereocenters. The van der Waals surface area contributed by atoms with Gasteiger partial charge in [0.15, 0.2) is 6.61 Å². The van der Waals surface area contributed by atoms with Crippen LogP contribution in [-0.2, 0) is 4.79 Å². The smallest absolute Gasteiger partial charge is 0.271 e. The Hall–Kier alpha value is -3.00. The number of hydrogen-bond acceptors (Lipinski definition) is 4. The van der Waals surface area contributed by atoms with Gasteiger partial charge in [0.25, 0.3) is 11.6 Å². The van der Waals surface area contributed by atoms with Gasteiger partial charge in [0.2, 0.25) is 0 Å². The van der Waals surface area contributed by atoms with E-state index in [1.807, 2.05) is 24.3 Å². The molecule has 0 aliphatic heterocycles. The second-order valence-electron chi connectivity index (χ2n) is 5.41. The van der Waals surface area contributed by atoms with Gasteiger partial charge in [-0.3, -0.25) is 14.9 Å². The zero-order chi connectivity index (χ0) is 18.7. The third kappa shape index (κ3) is 4.15. The molecule has 0 spiro atoms. The first-order chi connectivity index (χ1) is 12.4. The number of anilines is 1. The minimum atomic E-state index is -0.764. The summed E-state index contributed by atoms with van der Waals surface area (Å²) in [5.41, 5.74) is -0.584. The molecule has 0 aliphatic rings. The summed E-state index contributed by atoms with van der Waals surface area (Å²) in [4.78, 5) is 22.0. The molecule has 6 nitrogen and oxygen atoms in total. The van der Waals surface area contributed by atoms with Crippen LogP contribution in [0, 0.1) is 15.9 Å². The van der Waals surface area contributed by atoms with Crippen molar-refractivity contribution in [1.82, 2.24) is 0 Å². The molecule has 0 fully saturated rings. The summed E-state index contributed by atoms with van der Waals surface area (Å²) >= 11 is 3.40. The number of amides is 1. The first-order valence-electron chi connectivity index (χ1n) is 7.48. The maximum atomic E-state index is 13.7. The van der Waals surface area contributed by atoms with Gasteiger partial charge in [-0.15, -0.1) is 0 Å². The number of carbonyl (C=O) groups excluding carboxylic acids is 1. The molecule has 1 N–H and O–H groups in total. The molecule has 0 saturated heterocycles. The van der Waals surface area contributed by atoms with E-state index in [1.165, 1.54) is 0 Å². The van der Waals surface area contributed by atoms with Gasteiger partial charge < -0.3 is 10.1 Å². The standard InChI is InChI=1S/C18H12BrFN2O4/c19-13-3-1-12-8-15(5-2-11(12)7-13)26-10-18(23)21-17-9-14(22(24)25)4-6-16(17)20/h1-9H,10H2,(H,21,23). The van der Waals surface area contributed by atoms with Crippen molar-refractivity contribution < 1.29 is 18.8 Å². The average molecular weight is 419 g/mol. The van der Waals surface area contributed by atoms with Crippen molar-refractivity contribution in [2.45, 2.75) is 0 Å². The maximum absolute atomic E-state index is 13.7. The van der Waals surface area contributed by atoms with Crippen molar-refractivity contribution in [3.8, 4) is 5.75 Å². The predicted molar refractivity (Wildman–Crippen MR) is 98.8 cm³/mol. The Morgan fingerprint density at radius 1 is 1.12 bits per heavy atom. The van der Waals surface area contributed by atoms with Crippen LogP contribution in [0.2, 0.25) is 0 Å². The van der Waals surface area contributed by atoms with Crippen molar-refractivity contribution in [2.75, 3.05) is 11.9 Å². The first-order valence-corrected chi connectivity index (χ1v) is 8.27. The molecule has 0 heterocycles. The number of carbonyl (C=O) groups is 1. The van der Waals surface area contributed by atoms with Crippen molar-refractivity contribution in [3.63, 3.8) is 0 Å². The number of nitro benzene ring substituents is 1. The largest absolute Gasteiger partial charge is 0.484 e. The number of hydrogen-bond donors (Lipinski definition) is 1. The number of non-ortho nitro benzene ring substituents is 1. The third-order valence-electron chi connectivity index (χ3n) is 3.58. The number of nitrogens with zero attached hydrogens (tertiary/aromatic N) is 1. The number of ether oxygens (including phenoxy) is 1. The summed E-state index contributed by atoms with van der Waals surface area (Å²) in [5.74, 6) is -0.907. The maximum Gasteiger partial charge on any atom is 0.271 e. The second kappa shape index (κ2) is 7.49. The highest BCUT2D eigenvalue weighted by atomic mass is 79.9. The molecule has 1 amide bonds. The van der Waals surface area contributed by atoms with Crippen LogP contribution >= 0.6 is 15.9 Å². The van der Waals surface area contributed by atoms with Gasteiger partial charge >= 0.3 is 0 Å². The summed E-state index contributed by atoms with van der Waals surface area (Å²) in [5, 5.41) is 15.0. The molecular formula is C18H12BrFN2O4. The molecule has 0 bridgehead atoms. The van der Waals surface area contributed by atoms with Crippen molar-refractivity contribution in [3.05, 3.63) is 75.0 Å². The van der Waals surface area contributed by atoms with Gasteiger partial charge in [-0.25, -0.2) is 4.39 Å². The van der Waals surface area contributed by atoms with E-state index in [-0.39, 0.29) is 18.0 Å². The van der Waals surface area contributed by atoms with Gasteiger partial charge in [0, 0.05) is 16.6 Å². The Labute approximate surface area is 155 Å². The van der Waals surface area contributed by atoms with E-state index in [0.717, 1.165) is 33.4 Å². The molecule has 8 heteroatoms. The summed E-state index contributed by atoms with van der Waals surface area (Å²) in [7, 11) is 0. The minimum Gasteiger partial charge on any atom is -0.484 e. The topological polar surface area (TPSA) is 81.5 Å². The van der Waals surface area contributed by atoms with Crippen molar-refractivity contribution in [2.24, 2.45) is 0 Å². The van der Waals surface area contributed by atoms with Gasteiger partial charge in [0.05, 0.1) is 10.6 Å². The highest BCUT2D eigenvalue weighted by molar-refractivity contribution is 9.10. The predicted octanol–water partition coefficient (Wildman–Crippen LogP) is 4.67. The molecule has 0 radical (unpaired) electrons. The van der Waals surface area contributed by atoms with E-state index in [4.69, 9.17) is 4.74 Å². The molecule has 3 rings (SSSR count). The molecule has 3 aromatic rings. The lowest BCUT2D eigenvalue weighted by atomic mass is 10.1. The molecule has 0 unspecified atom stereocenters. The van der Waals surface area contributed by atoms with Crippen LogP contribution < -0.4 is 10.1 Å². The third-order valence-corrected chi connectivity index (χ3v) is 4.07. The first kappa shape index (κ1) is 17.8. The van der Waals surface area contributed by atoms with Gasteiger partial charge in [-0.2, -0.15) is 0 Å². The zero-order valence-electron chi connectivity index (χ0n) is 13.2. The highest BCUT2D eigenvalue weighted by Gasteiger charge is 2.13. The number of nitro groups is 1. The Kier molecular flexibility index (Phi) is 5.13. The highest BCUT2D eigenvalue weighted by Crippen LogP contribution is 2.24. The molecule has 3 aromatic carbocycles. The molecule has 0 saturated carbocycles. The van der Waals surface area contributed by atoms with E-state index in [9.17, 15) is 19.3 Å². The SMILES string of the molecule is O=C(COc1ccc2cc(Br)ccc2c1)Nc1cc([N+](=O)[O-])ccc1F. The lowest BCUT2D eigenvalue weighted by molar-refractivity contribution is -0.384. The number of halogens is 2. The second-order valence-corrected chi connectivity index (χ2v) is 6.33. The fourth-order valence-electron chi connectivity index (χ4n) is 2.34. The number of nitrogens with one attached hydrogen (secondary N) is 1. The van der Waals surface area contributed by atoms with E-state index in [2.05, 4.69) is 21.2 Å². The van der Waals surface area contributed by atoms with E-state index < -0.39 is 16.6 Å². The Morgan fingerprint density at radius 2 is 1.85 bits per heavy atom. The fourth-order valence-corrected chi connectivity index (χ4v) is 2.72. The number of fused-ring (bicyclic) bond motifs is 1. The lowest BCUT2D eigenvalue weighted by Gasteiger charge is -2.09. The molecule has 132 valence electrons. The molecule has 26 heavy (non-hydrogen) atoms. The number of benzene rings is 3. The molecule has 0 aromatic heterocycles. The summed E-state index contributed by atoms with van der Waals surface area (Å²) in [6, 6.07) is 14.0. The van der Waals surface area contributed by atoms with Crippen LogP contribution in [-0.4, -0.2) is 17.4 Å². The van der Waals surface area contributed by atoms with Crippen LogP contribution in [0.1, 0.15) is 0 Å². The summed E-state index contributed by atoms with van der Waals surface area (Å²) < 4.78 is 20.1. The van der Waals surface area contributed by atoms with Crippen LogP contribution in [0.25, 0.3) is 10.8 Å². The van der Waals surface area contributed by atoms with Crippen LogP contribution in [0.15, 0.2) is 59.1 Å². The average Bonchev–Trinajstić information content (AvgIpc) is 2.61. The van der Waals surface area contributed by atoms with Crippen molar-refractivity contribution >= 4 is 44.0 Å². The number of rotatable bonds is 5. The van der Waals surface area contributed by atoms with E-state index in [0.29, 0.717) is 5.75 Å². The summed E-state index contributed by atoms with van der Waals surface area (Å²) in [6.45, 7) is -0.357. The fraction of sp³-hybridized carbons (Fsp3) is 0.0556. The lowest BCUT2D eigenvalue weighted by Crippen LogP contribution is -2.20.